The molecule has 0 spiro atoms. The predicted octanol–water partition coefficient (Wildman–Crippen LogP) is 5.67. The molecule has 0 heteroatoms. The van der Waals surface area contributed by atoms with E-state index in [4.69, 9.17) is 0 Å². The van der Waals surface area contributed by atoms with Gasteiger partial charge in [-0.2, -0.15) is 0 Å². The number of allylic oxidation sites excluding steroid dienone is 4. The molecule has 0 bridgehead atoms. The summed E-state index contributed by atoms with van der Waals surface area (Å²) in [6.45, 7) is 2.29. The quantitative estimate of drug-likeness (QED) is 0.659. The Morgan fingerprint density at radius 2 is 1.43 bits per heavy atom. The van der Waals surface area contributed by atoms with E-state index in [2.05, 4.69) is 79.7 Å². The topological polar surface area (TPSA) is 0 Å². The van der Waals surface area contributed by atoms with Gasteiger partial charge in [-0.05, 0) is 36.0 Å². The van der Waals surface area contributed by atoms with Crippen LogP contribution in [0.1, 0.15) is 30.9 Å². The Balaban J connectivity index is 1.69. The van der Waals surface area contributed by atoms with Crippen molar-refractivity contribution in [2.24, 2.45) is 5.92 Å². The molecule has 1 aliphatic rings. The molecule has 0 saturated heterocycles. The van der Waals surface area contributed by atoms with Crippen molar-refractivity contribution in [1.29, 1.82) is 0 Å². The fraction of sp³-hybridized carbons (Fsp3) is 0.238. The van der Waals surface area contributed by atoms with Crippen molar-refractivity contribution >= 4 is 5.57 Å². The molecule has 0 saturated carbocycles. The van der Waals surface area contributed by atoms with E-state index in [9.17, 15) is 0 Å². The van der Waals surface area contributed by atoms with Gasteiger partial charge in [-0.25, -0.2) is 0 Å². The third kappa shape index (κ3) is 3.16. The molecule has 3 rings (SSSR count). The zero-order valence-electron chi connectivity index (χ0n) is 12.6. The molecule has 0 fully saturated rings. The molecule has 0 amide bonds. The highest BCUT2D eigenvalue weighted by Gasteiger charge is 2.21. The third-order valence-corrected chi connectivity index (χ3v) is 4.36. The van der Waals surface area contributed by atoms with Crippen LogP contribution in [0.3, 0.4) is 0 Å². The third-order valence-electron chi connectivity index (χ3n) is 4.36. The maximum Gasteiger partial charge on any atom is 0.00547 e. The van der Waals surface area contributed by atoms with Gasteiger partial charge in [-0.3, -0.25) is 0 Å². The number of hydrogen-bond acceptors (Lipinski definition) is 0. The van der Waals surface area contributed by atoms with Crippen molar-refractivity contribution in [2.45, 2.75) is 26.2 Å². The summed E-state index contributed by atoms with van der Waals surface area (Å²) in [5.74, 6) is 0.594. The number of rotatable bonds is 5. The van der Waals surface area contributed by atoms with Crippen LogP contribution >= 0.6 is 0 Å². The van der Waals surface area contributed by atoms with Gasteiger partial charge in [0.05, 0.1) is 0 Å². The Bertz CT molecular complexity index is 632. The molecule has 2 aromatic carbocycles. The monoisotopic (exact) mass is 274 g/mol. The minimum atomic E-state index is 0.594. The summed E-state index contributed by atoms with van der Waals surface area (Å²) in [5.41, 5.74) is 5.87. The summed E-state index contributed by atoms with van der Waals surface area (Å²) in [6.07, 6.45) is 8.15. The number of hydrogen-bond donors (Lipinski definition) is 0. The Morgan fingerprint density at radius 3 is 2.10 bits per heavy atom. The Kier molecular flexibility index (Phi) is 4.35. The fourth-order valence-electron chi connectivity index (χ4n) is 3.23. The summed E-state index contributed by atoms with van der Waals surface area (Å²) in [4.78, 5) is 0. The van der Waals surface area contributed by atoms with Crippen LogP contribution in [0.5, 0.6) is 0 Å². The van der Waals surface area contributed by atoms with E-state index in [0.29, 0.717) is 5.92 Å². The Morgan fingerprint density at radius 1 is 0.762 bits per heavy atom. The zero-order valence-corrected chi connectivity index (χ0v) is 12.6. The molecule has 0 radical (unpaired) electrons. The van der Waals surface area contributed by atoms with Crippen molar-refractivity contribution in [3.8, 4) is 0 Å². The molecular weight excluding hydrogens is 252 g/mol. The predicted molar refractivity (Wildman–Crippen MR) is 91.0 cm³/mol. The lowest BCUT2D eigenvalue weighted by Gasteiger charge is -2.18. The standard InChI is InChI=1S/C21H22/c1-2-20-19(14-13-17-9-5-3-6-10-17)15-16-21(20)18-11-7-4-8-12-18/h3-12,15-16,20H,2,13-14H2,1H3. The van der Waals surface area contributed by atoms with E-state index >= 15 is 0 Å². The molecule has 0 heterocycles. The molecule has 0 aliphatic heterocycles. The van der Waals surface area contributed by atoms with E-state index in [1.165, 1.54) is 23.1 Å². The Hall–Kier alpha value is -2.08. The van der Waals surface area contributed by atoms with Crippen molar-refractivity contribution in [3.05, 3.63) is 89.5 Å². The fourth-order valence-corrected chi connectivity index (χ4v) is 3.23. The highest BCUT2D eigenvalue weighted by molar-refractivity contribution is 5.74. The van der Waals surface area contributed by atoms with Crippen molar-refractivity contribution in [1.82, 2.24) is 0 Å². The minimum absolute atomic E-state index is 0.594. The second-order valence-corrected chi connectivity index (χ2v) is 5.68. The summed E-state index contributed by atoms with van der Waals surface area (Å²) in [5, 5.41) is 0. The van der Waals surface area contributed by atoms with Gasteiger partial charge in [0.15, 0.2) is 0 Å². The SMILES string of the molecule is CCC1C(CCc2ccccc2)=CC=C1c1ccccc1. The van der Waals surface area contributed by atoms with Gasteiger partial charge in [0.1, 0.15) is 0 Å². The van der Waals surface area contributed by atoms with Crippen molar-refractivity contribution < 1.29 is 0 Å². The molecule has 1 atom stereocenters. The van der Waals surface area contributed by atoms with Gasteiger partial charge in [0.25, 0.3) is 0 Å². The number of benzene rings is 2. The van der Waals surface area contributed by atoms with Gasteiger partial charge in [0.2, 0.25) is 0 Å². The smallest absolute Gasteiger partial charge is 0.00547 e. The first kappa shape index (κ1) is 13.9. The lowest BCUT2D eigenvalue weighted by molar-refractivity contribution is 0.708. The van der Waals surface area contributed by atoms with Crippen LogP contribution in [0, 0.1) is 5.92 Å². The van der Waals surface area contributed by atoms with E-state index in [-0.39, 0.29) is 0 Å². The van der Waals surface area contributed by atoms with Crippen LogP contribution in [0.4, 0.5) is 0 Å². The van der Waals surface area contributed by atoms with Crippen LogP contribution in [0.2, 0.25) is 0 Å². The van der Waals surface area contributed by atoms with Crippen molar-refractivity contribution in [3.63, 3.8) is 0 Å². The average Bonchev–Trinajstić information content (AvgIpc) is 2.97. The van der Waals surface area contributed by atoms with Gasteiger partial charge in [0, 0.05) is 5.92 Å². The van der Waals surface area contributed by atoms with E-state index in [1.54, 1.807) is 5.57 Å². The van der Waals surface area contributed by atoms with Gasteiger partial charge >= 0.3 is 0 Å². The van der Waals surface area contributed by atoms with Crippen molar-refractivity contribution in [2.75, 3.05) is 0 Å². The molecule has 1 aliphatic carbocycles. The molecule has 0 aromatic heterocycles. The average molecular weight is 274 g/mol. The first-order chi connectivity index (χ1) is 10.4. The minimum Gasteiger partial charge on any atom is -0.0645 e. The second-order valence-electron chi connectivity index (χ2n) is 5.68. The zero-order chi connectivity index (χ0) is 14.5. The van der Waals surface area contributed by atoms with Crippen LogP contribution in [0.15, 0.2) is 78.4 Å². The summed E-state index contributed by atoms with van der Waals surface area (Å²) < 4.78 is 0. The lowest BCUT2D eigenvalue weighted by Crippen LogP contribution is -2.03. The molecular formula is C21H22. The lowest BCUT2D eigenvalue weighted by atomic mass is 9.86. The van der Waals surface area contributed by atoms with E-state index in [0.717, 1.165) is 12.8 Å². The largest absolute Gasteiger partial charge is 0.0645 e. The summed E-state index contributed by atoms with van der Waals surface area (Å²) >= 11 is 0. The molecule has 0 nitrogen and oxygen atoms in total. The van der Waals surface area contributed by atoms with Gasteiger partial charge in [-0.15, -0.1) is 0 Å². The summed E-state index contributed by atoms with van der Waals surface area (Å²) in [7, 11) is 0. The van der Waals surface area contributed by atoms with Crippen LogP contribution in [0.25, 0.3) is 5.57 Å². The highest BCUT2D eigenvalue weighted by atomic mass is 14.3. The molecule has 0 N–H and O–H groups in total. The first-order valence-electron chi connectivity index (χ1n) is 7.88. The Labute approximate surface area is 127 Å². The molecule has 2 aromatic rings. The van der Waals surface area contributed by atoms with E-state index < -0.39 is 0 Å². The van der Waals surface area contributed by atoms with E-state index in [1.807, 2.05) is 0 Å². The normalized spacial score (nSPS) is 17.5. The van der Waals surface area contributed by atoms with Crippen LogP contribution < -0.4 is 0 Å². The van der Waals surface area contributed by atoms with Gasteiger partial charge in [-0.1, -0.05) is 85.3 Å². The van der Waals surface area contributed by atoms with Crippen LogP contribution in [-0.4, -0.2) is 0 Å². The maximum atomic E-state index is 2.35. The molecule has 106 valence electrons. The highest BCUT2D eigenvalue weighted by Crippen LogP contribution is 2.38. The maximum absolute atomic E-state index is 2.35. The van der Waals surface area contributed by atoms with Crippen LogP contribution in [-0.2, 0) is 6.42 Å². The molecule has 1 unspecified atom stereocenters. The second kappa shape index (κ2) is 6.58. The first-order valence-corrected chi connectivity index (χ1v) is 7.88. The van der Waals surface area contributed by atoms with Gasteiger partial charge < -0.3 is 0 Å². The number of aryl methyl sites for hydroxylation is 1. The molecule has 21 heavy (non-hydrogen) atoms. The summed E-state index contributed by atoms with van der Waals surface area (Å²) in [6, 6.07) is 21.6.